The molecule has 0 spiro atoms. The molecular formula is C13H13ClN2O2S. The first-order valence-corrected chi connectivity index (χ1v) is 7.45. The van der Waals surface area contributed by atoms with Crippen LogP contribution >= 0.6 is 11.6 Å². The highest BCUT2D eigenvalue weighted by Gasteiger charge is 2.15. The topological polar surface area (TPSA) is 59.1 Å². The summed E-state index contributed by atoms with van der Waals surface area (Å²) in [5.74, 6) is 0. The van der Waals surface area contributed by atoms with Gasteiger partial charge >= 0.3 is 0 Å². The number of aryl methyl sites for hydroxylation is 2. The van der Waals surface area contributed by atoms with Crippen molar-refractivity contribution in [2.24, 2.45) is 0 Å². The molecule has 0 bridgehead atoms. The fraction of sp³-hybridized carbons (Fsp3) is 0.154. The number of aromatic nitrogens is 1. The van der Waals surface area contributed by atoms with Gasteiger partial charge in [0.2, 0.25) is 0 Å². The fourth-order valence-electron chi connectivity index (χ4n) is 1.74. The Hall–Kier alpha value is -1.59. The molecule has 0 saturated heterocycles. The number of nitrogens with zero attached hydrogens (tertiary/aromatic N) is 1. The molecule has 100 valence electrons. The number of rotatable bonds is 3. The van der Waals surface area contributed by atoms with E-state index in [0.717, 1.165) is 11.1 Å². The summed E-state index contributed by atoms with van der Waals surface area (Å²) in [4.78, 5) is 4.07. The van der Waals surface area contributed by atoms with Gasteiger partial charge < -0.3 is 0 Å². The van der Waals surface area contributed by atoms with Crippen molar-refractivity contribution in [3.05, 3.63) is 52.8 Å². The van der Waals surface area contributed by atoms with Gasteiger partial charge in [-0.25, -0.2) is 13.4 Å². The number of benzene rings is 1. The van der Waals surface area contributed by atoms with Gasteiger partial charge in [-0.2, -0.15) is 0 Å². The van der Waals surface area contributed by atoms with Crippen molar-refractivity contribution in [3.8, 4) is 0 Å². The summed E-state index contributed by atoms with van der Waals surface area (Å²) in [6.07, 6.45) is 1.38. The van der Waals surface area contributed by atoms with Crippen molar-refractivity contribution in [3.63, 3.8) is 0 Å². The minimum absolute atomic E-state index is 0.236. The van der Waals surface area contributed by atoms with E-state index >= 15 is 0 Å². The third-order valence-electron chi connectivity index (χ3n) is 2.49. The van der Waals surface area contributed by atoms with E-state index in [-0.39, 0.29) is 4.90 Å². The van der Waals surface area contributed by atoms with E-state index in [9.17, 15) is 8.42 Å². The molecule has 0 saturated carbocycles. The number of hydrogen-bond donors (Lipinski definition) is 1. The first kappa shape index (κ1) is 13.8. The highest BCUT2D eigenvalue weighted by molar-refractivity contribution is 7.92. The fourth-order valence-corrected chi connectivity index (χ4v) is 3.08. The molecule has 6 heteroatoms. The van der Waals surface area contributed by atoms with E-state index in [1.54, 1.807) is 18.2 Å². The molecule has 0 aliphatic carbocycles. The second-order valence-electron chi connectivity index (χ2n) is 4.30. The first-order chi connectivity index (χ1) is 8.87. The van der Waals surface area contributed by atoms with E-state index in [1.165, 1.54) is 12.3 Å². The van der Waals surface area contributed by atoms with Gasteiger partial charge in [-0.1, -0.05) is 17.7 Å². The Morgan fingerprint density at radius 2 is 1.74 bits per heavy atom. The minimum Gasteiger partial charge on any atom is -0.278 e. The molecule has 1 aromatic heterocycles. The van der Waals surface area contributed by atoms with Crippen molar-refractivity contribution in [1.29, 1.82) is 0 Å². The second-order valence-corrected chi connectivity index (χ2v) is 6.37. The van der Waals surface area contributed by atoms with Crippen LogP contribution in [0, 0.1) is 13.8 Å². The molecule has 0 unspecified atom stereocenters. The molecule has 0 atom stereocenters. The largest absolute Gasteiger partial charge is 0.278 e. The Kier molecular flexibility index (Phi) is 3.78. The summed E-state index contributed by atoms with van der Waals surface area (Å²) in [5.41, 5.74) is 2.17. The predicted molar refractivity (Wildman–Crippen MR) is 76.0 cm³/mol. The van der Waals surface area contributed by atoms with Gasteiger partial charge in [0.25, 0.3) is 10.0 Å². The van der Waals surface area contributed by atoms with Crippen LogP contribution < -0.4 is 4.72 Å². The average Bonchev–Trinajstić information content (AvgIpc) is 2.31. The van der Waals surface area contributed by atoms with Crippen molar-refractivity contribution in [2.45, 2.75) is 18.7 Å². The summed E-state index contributed by atoms with van der Waals surface area (Å²) >= 11 is 5.65. The van der Waals surface area contributed by atoms with Gasteiger partial charge in [0.1, 0.15) is 5.15 Å². The van der Waals surface area contributed by atoms with E-state index in [1.807, 2.05) is 19.9 Å². The zero-order valence-electron chi connectivity index (χ0n) is 10.5. The second kappa shape index (κ2) is 5.19. The number of halogens is 1. The summed E-state index contributed by atoms with van der Waals surface area (Å²) in [6.45, 7) is 3.71. The standard InChI is InChI=1S/C13H13ClN2O2S/c1-9-5-10(2)7-12(6-9)19(17,18)16-11-3-4-13(14)15-8-11/h3-8,16H,1-2H3. The van der Waals surface area contributed by atoms with Crippen LogP contribution in [0.2, 0.25) is 5.15 Å². The van der Waals surface area contributed by atoms with Gasteiger partial charge in [-0.3, -0.25) is 4.72 Å². The highest BCUT2D eigenvalue weighted by atomic mass is 35.5. The molecule has 1 aromatic carbocycles. The van der Waals surface area contributed by atoms with E-state index in [2.05, 4.69) is 9.71 Å². The number of sulfonamides is 1. The smallest absolute Gasteiger partial charge is 0.261 e. The normalized spacial score (nSPS) is 11.3. The highest BCUT2D eigenvalue weighted by Crippen LogP contribution is 2.19. The molecule has 4 nitrogen and oxygen atoms in total. The summed E-state index contributed by atoms with van der Waals surface area (Å²) in [5, 5.41) is 0.314. The van der Waals surface area contributed by atoms with Gasteiger partial charge in [0.05, 0.1) is 16.8 Å². The zero-order chi connectivity index (χ0) is 14.0. The maximum absolute atomic E-state index is 12.2. The lowest BCUT2D eigenvalue weighted by Gasteiger charge is -2.09. The van der Waals surface area contributed by atoms with E-state index in [4.69, 9.17) is 11.6 Å². The molecule has 0 amide bonds. The number of nitrogens with one attached hydrogen (secondary N) is 1. The number of pyridine rings is 1. The monoisotopic (exact) mass is 296 g/mol. The Bertz CT molecular complexity index is 677. The Morgan fingerprint density at radius 1 is 1.11 bits per heavy atom. The van der Waals surface area contributed by atoms with Crippen molar-refractivity contribution in [2.75, 3.05) is 4.72 Å². The molecule has 2 rings (SSSR count). The molecule has 0 aliphatic heterocycles. The SMILES string of the molecule is Cc1cc(C)cc(S(=O)(=O)Nc2ccc(Cl)nc2)c1. The lowest BCUT2D eigenvalue weighted by atomic mass is 10.2. The van der Waals surface area contributed by atoms with Crippen LogP contribution in [-0.2, 0) is 10.0 Å². The van der Waals surface area contributed by atoms with Crippen LogP contribution in [-0.4, -0.2) is 13.4 Å². The molecule has 0 aliphatic rings. The summed E-state index contributed by atoms with van der Waals surface area (Å²) in [7, 11) is -3.60. The van der Waals surface area contributed by atoms with Crippen LogP contribution in [0.3, 0.4) is 0 Å². The molecule has 19 heavy (non-hydrogen) atoms. The van der Waals surface area contributed by atoms with Crippen molar-refractivity contribution in [1.82, 2.24) is 4.98 Å². The summed E-state index contributed by atoms with van der Waals surface area (Å²) in [6, 6.07) is 8.26. The van der Waals surface area contributed by atoms with E-state index in [0.29, 0.717) is 10.8 Å². The lowest BCUT2D eigenvalue weighted by molar-refractivity contribution is 0.601. The van der Waals surface area contributed by atoms with Crippen LogP contribution in [0.1, 0.15) is 11.1 Å². The maximum Gasteiger partial charge on any atom is 0.261 e. The predicted octanol–water partition coefficient (Wildman–Crippen LogP) is 3.15. The molecule has 0 radical (unpaired) electrons. The molecule has 0 fully saturated rings. The number of anilines is 1. The Balaban J connectivity index is 2.34. The molecule has 2 aromatic rings. The van der Waals surface area contributed by atoms with Crippen LogP contribution in [0.4, 0.5) is 5.69 Å². The Morgan fingerprint density at radius 3 is 2.26 bits per heavy atom. The van der Waals surface area contributed by atoms with Gasteiger partial charge in [0.15, 0.2) is 0 Å². The lowest BCUT2D eigenvalue weighted by Crippen LogP contribution is -2.13. The minimum atomic E-state index is -3.60. The van der Waals surface area contributed by atoms with Crippen LogP contribution in [0.5, 0.6) is 0 Å². The zero-order valence-corrected chi connectivity index (χ0v) is 12.1. The number of hydrogen-bond acceptors (Lipinski definition) is 3. The third kappa shape index (κ3) is 3.45. The van der Waals surface area contributed by atoms with Crippen LogP contribution in [0.15, 0.2) is 41.4 Å². The maximum atomic E-state index is 12.2. The Labute approximate surface area is 117 Å². The van der Waals surface area contributed by atoms with Crippen molar-refractivity contribution >= 4 is 27.3 Å². The third-order valence-corrected chi connectivity index (χ3v) is 4.07. The van der Waals surface area contributed by atoms with Crippen LogP contribution in [0.25, 0.3) is 0 Å². The quantitative estimate of drug-likeness (QED) is 0.885. The van der Waals surface area contributed by atoms with Crippen molar-refractivity contribution < 1.29 is 8.42 Å². The van der Waals surface area contributed by atoms with Gasteiger partial charge in [0, 0.05) is 0 Å². The van der Waals surface area contributed by atoms with E-state index < -0.39 is 10.0 Å². The van der Waals surface area contributed by atoms with Gasteiger partial charge in [-0.15, -0.1) is 0 Å². The molecule has 1 N–H and O–H groups in total. The first-order valence-electron chi connectivity index (χ1n) is 5.59. The average molecular weight is 297 g/mol. The summed E-state index contributed by atoms with van der Waals surface area (Å²) < 4.78 is 26.9. The van der Waals surface area contributed by atoms with Gasteiger partial charge in [-0.05, 0) is 49.2 Å². The molecule has 1 heterocycles. The molecular weight excluding hydrogens is 284 g/mol.